The molecule has 0 aromatic rings. The first-order chi connectivity index (χ1) is 8.15. The second kappa shape index (κ2) is 3.98. The molecular formula is C14H24N2O. The molecule has 1 aliphatic heterocycles. The lowest BCUT2D eigenvalue weighted by molar-refractivity contribution is -0.134. The average Bonchev–Trinajstić information content (AvgIpc) is 2.93. The van der Waals surface area contributed by atoms with Gasteiger partial charge in [-0.3, -0.25) is 10.1 Å². The van der Waals surface area contributed by atoms with Crippen molar-refractivity contribution in [1.29, 1.82) is 0 Å². The highest BCUT2D eigenvalue weighted by atomic mass is 16.2. The Morgan fingerprint density at radius 3 is 2.47 bits per heavy atom. The van der Waals surface area contributed by atoms with Gasteiger partial charge in [-0.05, 0) is 44.9 Å². The van der Waals surface area contributed by atoms with Gasteiger partial charge in [0.2, 0.25) is 5.91 Å². The number of nitrogens with one attached hydrogen (secondary N) is 1. The zero-order valence-electron chi connectivity index (χ0n) is 11.0. The predicted octanol–water partition coefficient (Wildman–Crippen LogP) is 2.27. The van der Waals surface area contributed by atoms with Crippen LogP contribution in [0.25, 0.3) is 0 Å². The van der Waals surface area contributed by atoms with Crippen molar-refractivity contribution in [3.63, 3.8) is 0 Å². The highest BCUT2D eigenvalue weighted by Gasteiger charge is 2.53. The van der Waals surface area contributed by atoms with Gasteiger partial charge in [0.25, 0.3) is 0 Å². The maximum Gasteiger partial charge on any atom is 0.244 e. The fourth-order valence-electron chi connectivity index (χ4n) is 3.49. The van der Waals surface area contributed by atoms with E-state index in [-0.39, 0.29) is 5.54 Å². The van der Waals surface area contributed by atoms with Crippen LogP contribution < -0.4 is 5.32 Å². The third-order valence-electron chi connectivity index (χ3n) is 4.97. The molecule has 3 rings (SSSR count). The Morgan fingerprint density at radius 1 is 1.29 bits per heavy atom. The zero-order chi connectivity index (χ0) is 12.0. The molecule has 0 bridgehead atoms. The van der Waals surface area contributed by atoms with Crippen molar-refractivity contribution in [1.82, 2.24) is 10.2 Å². The minimum absolute atomic E-state index is 0.296. The molecule has 96 valence electrons. The first kappa shape index (κ1) is 11.5. The van der Waals surface area contributed by atoms with E-state index in [0.717, 1.165) is 6.42 Å². The first-order valence-corrected chi connectivity index (χ1v) is 7.26. The van der Waals surface area contributed by atoms with E-state index in [1.165, 1.54) is 38.5 Å². The zero-order valence-corrected chi connectivity index (χ0v) is 11.0. The van der Waals surface area contributed by atoms with Gasteiger partial charge >= 0.3 is 0 Å². The number of carbonyl (C=O) groups excluding carboxylic acids is 1. The van der Waals surface area contributed by atoms with Crippen LogP contribution in [0.3, 0.4) is 0 Å². The Labute approximate surface area is 104 Å². The van der Waals surface area contributed by atoms with E-state index >= 15 is 0 Å². The number of rotatable bonds is 3. The first-order valence-electron chi connectivity index (χ1n) is 7.26. The monoisotopic (exact) mass is 236 g/mol. The van der Waals surface area contributed by atoms with E-state index in [2.05, 4.69) is 24.1 Å². The van der Waals surface area contributed by atoms with Gasteiger partial charge in [-0.25, -0.2) is 0 Å². The van der Waals surface area contributed by atoms with Gasteiger partial charge in [0.15, 0.2) is 0 Å². The quantitative estimate of drug-likeness (QED) is 0.815. The minimum Gasteiger partial charge on any atom is -0.322 e. The summed E-state index contributed by atoms with van der Waals surface area (Å²) in [6.07, 6.45) is 8.96. The molecule has 1 amide bonds. The molecule has 2 unspecified atom stereocenters. The smallest absolute Gasteiger partial charge is 0.244 e. The molecule has 1 heterocycles. The Morgan fingerprint density at radius 2 is 1.94 bits per heavy atom. The molecule has 3 fully saturated rings. The fraction of sp³-hybridized carbons (Fsp3) is 0.929. The van der Waals surface area contributed by atoms with Gasteiger partial charge in [0.05, 0.1) is 11.7 Å². The van der Waals surface area contributed by atoms with Crippen molar-refractivity contribution in [3.8, 4) is 0 Å². The molecule has 17 heavy (non-hydrogen) atoms. The maximum absolute atomic E-state index is 12.6. The maximum atomic E-state index is 12.6. The van der Waals surface area contributed by atoms with Crippen molar-refractivity contribution < 1.29 is 4.79 Å². The summed E-state index contributed by atoms with van der Waals surface area (Å²) in [5.41, 5.74) is -0.296. The lowest BCUT2D eigenvalue weighted by Gasteiger charge is -2.29. The molecule has 0 radical (unpaired) electrons. The van der Waals surface area contributed by atoms with E-state index in [0.29, 0.717) is 24.0 Å². The highest BCUT2D eigenvalue weighted by molar-refractivity contribution is 5.89. The van der Waals surface area contributed by atoms with Crippen molar-refractivity contribution in [2.24, 2.45) is 5.92 Å². The largest absolute Gasteiger partial charge is 0.322 e. The third kappa shape index (κ3) is 1.79. The summed E-state index contributed by atoms with van der Waals surface area (Å²) < 4.78 is 0. The topological polar surface area (TPSA) is 32.3 Å². The van der Waals surface area contributed by atoms with Crippen LogP contribution in [0.5, 0.6) is 0 Å². The van der Waals surface area contributed by atoms with Gasteiger partial charge in [0.1, 0.15) is 0 Å². The lowest BCUT2D eigenvalue weighted by Crippen LogP contribution is -2.45. The normalized spacial score (nSPS) is 39.3. The van der Waals surface area contributed by atoms with Crippen molar-refractivity contribution in [2.45, 2.75) is 76.5 Å². The number of carbonyl (C=O) groups is 1. The van der Waals surface area contributed by atoms with Crippen LogP contribution in [0.2, 0.25) is 0 Å². The van der Waals surface area contributed by atoms with Crippen LogP contribution in [0.15, 0.2) is 0 Å². The van der Waals surface area contributed by atoms with Crippen LogP contribution >= 0.6 is 0 Å². The minimum atomic E-state index is -0.296. The van der Waals surface area contributed by atoms with Gasteiger partial charge in [-0.2, -0.15) is 0 Å². The van der Waals surface area contributed by atoms with E-state index in [1.54, 1.807) is 0 Å². The van der Waals surface area contributed by atoms with Gasteiger partial charge in [0, 0.05) is 6.04 Å². The van der Waals surface area contributed by atoms with Gasteiger partial charge in [-0.1, -0.05) is 19.8 Å². The number of nitrogens with zero attached hydrogens (tertiary/aromatic N) is 1. The fourth-order valence-corrected chi connectivity index (χ4v) is 3.49. The summed E-state index contributed by atoms with van der Waals surface area (Å²) in [4.78, 5) is 14.8. The van der Waals surface area contributed by atoms with E-state index in [4.69, 9.17) is 0 Å². The molecular weight excluding hydrogens is 212 g/mol. The van der Waals surface area contributed by atoms with E-state index in [1.807, 2.05) is 0 Å². The molecule has 2 saturated carbocycles. The second-order valence-corrected chi connectivity index (χ2v) is 6.26. The van der Waals surface area contributed by atoms with E-state index in [9.17, 15) is 4.79 Å². The SMILES string of the molecule is CCC1(C)NC(C2CCCC2)N(C2CC2)C1=O. The third-order valence-corrected chi connectivity index (χ3v) is 4.97. The highest BCUT2D eigenvalue weighted by Crippen LogP contribution is 2.41. The second-order valence-electron chi connectivity index (χ2n) is 6.26. The summed E-state index contributed by atoms with van der Waals surface area (Å²) in [5, 5.41) is 3.66. The molecule has 2 aliphatic carbocycles. The number of amides is 1. The molecule has 0 aromatic heterocycles. The Bertz CT molecular complexity index is 320. The van der Waals surface area contributed by atoms with Crippen LogP contribution in [0, 0.1) is 5.92 Å². The summed E-state index contributed by atoms with van der Waals surface area (Å²) in [6.45, 7) is 4.20. The predicted molar refractivity (Wildman–Crippen MR) is 67.4 cm³/mol. The molecule has 3 nitrogen and oxygen atoms in total. The summed E-state index contributed by atoms with van der Waals surface area (Å²) in [5.74, 6) is 1.06. The number of hydrogen-bond donors (Lipinski definition) is 1. The lowest BCUT2D eigenvalue weighted by atomic mass is 9.99. The van der Waals surface area contributed by atoms with Crippen molar-refractivity contribution in [2.75, 3.05) is 0 Å². The molecule has 1 N–H and O–H groups in total. The molecule has 3 aliphatic rings. The van der Waals surface area contributed by atoms with Crippen LogP contribution in [0.4, 0.5) is 0 Å². The summed E-state index contributed by atoms with van der Waals surface area (Å²) >= 11 is 0. The molecule has 1 saturated heterocycles. The Kier molecular flexibility index (Phi) is 2.69. The average molecular weight is 236 g/mol. The summed E-state index contributed by atoms with van der Waals surface area (Å²) in [6, 6.07) is 0.550. The van der Waals surface area contributed by atoms with Crippen LogP contribution in [-0.4, -0.2) is 28.6 Å². The van der Waals surface area contributed by atoms with Crippen LogP contribution in [-0.2, 0) is 4.79 Å². The van der Waals surface area contributed by atoms with Gasteiger partial charge < -0.3 is 4.90 Å². The van der Waals surface area contributed by atoms with Crippen LogP contribution in [0.1, 0.15) is 58.8 Å². The molecule has 0 aromatic carbocycles. The molecule has 2 atom stereocenters. The molecule has 3 heteroatoms. The Balaban J connectivity index is 1.83. The van der Waals surface area contributed by atoms with Crippen molar-refractivity contribution >= 4 is 5.91 Å². The standard InChI is InChI=1S/C14H24N2O/c1-3-14(2)13(17)16(11-8-9-11)12(15-14)10-6-4-5-7-10/h10-12,15H,3-9H2,1-2H3. The summed E-state index contributed by atoms with van der Waals surface area (Å²) in [7, 11) is 0. The van der Waals surface area contributed by atoms with E-state index < -0.39 is 0 Å². The van der Waals surface area contributed by atoms with Crippen molar-refractivity contribution in [3.05, 3.63) is 0 Å². The number of hydrogen-bond acceptors (Lipinski definition) is 2. The Hall–Kier alpha value is -0.570. The molecule has 0 spiro atoms. The van der Waals surface area contributed by atoms with Gasteiger partial charge in [-0.15, -0.1) is 0 Å².